The number of allylic oxidation sites excluding steroid dienone is 2. The second-order valence-electron chi connectivity index (χ2n) is 6.72. The van der Waals surface area contributed by atoms with Gasteiger partial charge in [-0.05, 0) is 37.5 Å². The molecule has 0 spiro atoms. The van der Waals surface area contributed by atoms with Crippen molar-refractivity contribution in [2.75, 3.05) is 0 Å². The molecule has 3 nitrogen and oxygen atoms in total. The van der Waals surface area contributed by atoms with Gasteiger partial charge in [-0.3, -0.25) is 4.79 Å². The zero-order chi connectivity index (χ0) is 14.7. The van der Waals surface area contributed by atoms with Gasteiger partial charge in [-0.15, -0.1) is 0 Å². The number of aromatic nitrogens is 1. The summed E-state index contributed by atoms with van der Waals surface area (Å²) in [5, 5.41) is 0. The third-order valence-corrected chi connectivity index (χ3v) is 4.99. The van der Waals surface area contributed by atoms with E-state index < -0.39 is 5.54 Å². The Hall–Kier alpha value is -1.61. The summed E-state index contributed by atoms with van der Waals surface area (Å²) in [6.45, 7) is 8.58. The molecular formula is C17H22N2O. The maximum atomic E-state index is 11.7. The third-order valence-electron chi connectivity index (χ3n) is 4.99. The molecule has 2 bridgehead atoms. The van der Waals surface area contributed by atoms with Crippen molar-refractivity contribution in [2.24, 2.45) is 11.7 Å². The van der Waals surface area contributed by atoms with Crippen molar-refractivity contribution in [1.82, 2.24) is 4.98 Å². The number of pyridine rings is 1. The highest BCUT2D eigenvalue weighted by molar-refractivity contribution is 5.53. The molecule has 0 saturated heterocycles. The second kappa shape index (κ2) is 3.95. The van der Waals surface area contributed by atoms with E-state index in [2.05, 4.69) is 44.8 Å². The van der Waals surface area contributed by atoms with Crippen LogP contribution in [-0.2, 0) is 11.0 Å². The van der Waals surface area contributed by atoms with Crippen LogP contribution in [0.3, 0.4) is 0 Å². The number of hydrogen-bond donors (Lipinski definition) is 2. The molecule has 0 aliphatic heterocycles. The molecule has 2 aliphatic rings. The summed E-state index contributed by atoms with van der Waals surface area (Å²) in [6.07, 6.45) is 5.29. The second-order valence-corrected chi connectivity index (χ2v) is 6.72. The van der Waals surface area contributed by atoms with Gasteiger partial charge in [0.1, 0.15) is 0 Å². The van der Waals surface area contributed by atoms with Crippen molar-refractivity contribution in [3.05, 3.63) is 57.0 Å². The first-order chi connectivity index (χ1) is 9.30. The van der Waals surface area contributed by atoms with E-state index in [1.165, 1.54) is 11.1 Å². The van der Waals surface area contributed by atoms with E-state index >= 15 is 0 Å². The van der Waals surface area contributed by atoms with Crippen molar-refractivity contribution in [2.45, 2.75) is 45.1 Å². The predicted octanol–water partition coefficient (Wildman–Crippen LogP) is 2.73. The molecule has 0 amide bonds. The molecule has 2 atom stereocenters. The van der Waals surface area contributed by atoms with Gasteiger partial charge in [0.05, 0.1) is 5.54 Å². The largest absolute Gasteiger partial charge is 0.325 e. The quantitative estimate of drug-likeness (QED) is 0.712. The smallest absolute Gasteiger partial charge is 0.248 e. The maximum Gasteiger partial charge on any atom is 0.248 e. The molecule has 2 aliphatic carbocycles. The van der Waals surface area contributed by atoms with Gasteiger partial charge in [0.15, 0.2) is 0 Å². The molecule has 3 heteroatoms. The number of aromatic amines is 1. The van der Waals surface area contributed by atoms with E-state index in [1.807, 2.05) is 6.07 Å². The van der Waals surface area contributed by atoms with E-state index in [-0.39, 0.29) is 16.9 Å². The lowest BCUT2D eigenvalue weighted by Gasteiger charge is -2.52. The SMILES string of the molecule is CC=C1C2C=C(C)CC1(N)c1ccc(=O)[nH]c1C2(C)C. The summed E-state index contributed by atoms with van der Waals surface area (Å²) in [5.41, 5.74) is 10.8. The average Bonchev–Trinajstić information content (AvgIpc) is 2.36. The number of nitrogens with one attached hydrogen (secondary N) is 1. The van der Waals surface area contributed by atoms with Crippen LogP contribution in [-0.4, -0.2) is 4.98 Å². The standard InChI is InChI=1S/C17H22N2O/c1-5-11-13-8-10(2)9-17(11,18)12-6-7-14(20)19-15(12)16(13,3)4/h5-8,13H,9,18H2,1-4H3,(H,19,20). The average molecular weight is 270 g/mol. The highest BCUT2D eigenvalue weighted by Gasteiger charge is 2.51. The van der Waals surface area contributed by atoms with Crippen molar-refractivity contribution < 1.29 is 0 Å². The van der Waals surface area contributed by atoms with Crippen LogP contribution in [0.5, 0.6) is 0 Å². The lowest BCUT2D eigenvalue weighted by Crippen LogP contribution is -2.54. The van der Waals surface area contributed by atoms with Crippen LogP contribution in [0.1, 0.15) is 45.4 Å². The van der Waals surface area contributed by atoms with Gasteiger partial charge < -0.3 is 10.7 Å². The van der Waals surface area contributed by atoms with Crippen LogP contribution in [0.4, 0.5) is 0 Å². The van der Waals surface area contributed by atoms with Crippen LogP contribution in [0.2, 0.25) is 0 Å². The molecule has 0 saturated carbocycles. The van der Waals surface area contributed by atoms with E-state index in [1.54, 1.807) is 6.07 Å². The van der Waals surface area contributed by atoms with Gasteiger partial charge in [0.2, 0.25) is 5.56 Å². The van der Waals surface area contributed by atoms with Gasteiger partial charge in [-0.25, -0.2) is 0 Å². The Labute approximate surface area is 119 Å². The summed E-state index contributed by atoms with van der Waals surface area (Å²) in [7, 11) is 0. The molecule has 1 aromatic rings. The Bertz CT molecular complexity index is 693. The lowest BCUT2D eigenvalue weighted by molar-refractivity contribution is 0.298. The molecule has 1 aromatic heterocycles. The Morgan fingerprint density at radius 2 is 2.10 bits per heavy atom. The molecule has 0 aromatic carbocycles. The molecule has 0 radical (unpaired) electrons. The highest BCUT2D eigenvalue weighted by Crippen LogP contribution is 2.54. The summed E-state index contributed by atoms with van der Waals surface area (Å²) in [5.74, 6) is 0.247. The van der Waals surface area contributed by atoms with Gasteiger partial charge in [0.25, 0.3) is 0 Å². The number of rotatable bonds is 0. The molecule has 2 unspecified atom stereocenters. The first-order valence-corrected chi connectivity index (χ1v) is 7.18. The molecule has 106 valence electrons. The fourth-order valence-electron chi connectivity index (χ4n) is 4.05. The van der Waals surface area contributed by atoms with Crippen molar-refractivity contribution >= 4 is 0 Å². The Kier molecular flexibility index (Phi) is 2.64. The van der Waals surface area contributed by atoms with Crippen LogP contribution < -0.4 is 11.3 Å². The van der Waals surface area contributed by atoms with E-state index in [0.29, 0.717) is 0 Å². The number of nitrogens with two attached hydrogens (primary N) is 1. The Morgan fingerprint density at radius 3 is 2.75 bits per heavy atom. The van der Waals surface area contributed by atoms with Crippen LogP contribution in [0.25, 0.3) is 0 Å². The number of H-pyrrole nitrogens is 1. The summed E-state index contributed by atoms with van der Waals surface area (Å²) in [6, 6.07) is 3.50. The zero-order valence-corrected chi connectivity index (χ0v) is 12.6. The van der Waals surface area contributed by atoms with Crippen LogP contribution in [0, 0.1) is 5.92 Å². The summed E-state index contributed by atoms with van der Waals surface area (Å²) < 4.78 is 0. The number of hydrogen-bond acceptors (Lipinski definition) is 2. The molecular weight excluding hydrogens is 248 g/mol. The number of fused-ring (bicyclic) bond motifs is 4. The first-order valence-electron chi connectivity index (χ1n) is 7.18. The monoisotopic (exact) mass is 270 g/mol. The summed E-state index contributed by atoms with van der Waals surface area (Å²) >= 11 is 0. The van der Waals surface area contributed by atoms with Crippen molar-refractivity contribution in [1.29, 1.82) is 0 Å². The minimum atomic E-state index is -0.479. The predicted molar refractivity (Wildman–Crippen MR) is 81.6 cm³/mol. The highest BCUT2D eigenvalue weighted by atomic mass is 16.1. The molecule has 3 rings (SSSR count). The lowest BCUT2D eigenvalue weighted by atomic mass is 9.55. The normalized spacial score (nSPS) is 32.8. The van der Waals surface area contributed by atoms with Gasteiger partial charge in [-0.2, -0.15) is 0 Å². The zero-order valence-electron chi connectivity index (χ0n) is 12.6. The fourth-order valence-corrected chi connectivity index (χ4v) is 4.05. The first kappa shape index (κ1) is 13.4. The van der Waals surface area contributed by atoms with Crippen molar-refractivity contribution in [3.63, 3.8) is 0 Å². The third kappa shape index (κ3) is 1.53. The Balaban J connectivity index is 2.41. The maximum absolute atomic E-state index is 11.7. The van der Waals surface area contributed by atoms with Crippen molar-refractivity contribution in [3.8, 4) is 0 Å². The van der Waals surface area contributed by atoms with Crippen LogP contribution in [0.15, 0.2) is 40.2 Å². The van der Waals surface area contributed by atoms with Crippen LogP contribution >= 0.6 is 0 Å². The Morgan fingerprint density at radius 1 is 1.40 bits per heavy atom. The minimum absolute atomic E-state index is 0.0527. The molecule has 3 N–H and O–H groups in total. The molecule has 0 fully saturated rings. The van der Waals surface area contributed by atoms with Gasteiger partial charge >= 0.3 is 0 Å². The van der Waals surface area contributed by atoms with E-state index in [4.69, 9.17) is 5.73 Å². The molecule has 20 heavy (non-hydrogen) atoms. The summed E-state index contributed by atoms with van der Waals surface area (Å²) in [4.78, 5) is 14.8. The van der Waals surface area contributed by atoms with E-state index in [9.17, 15) is 4.79 Å². The van der Waals surface area contributed by atoms with Gasteiger partial charge in [-0.1, -0.05) is 31.6 Å². The van der Waals surface area contributed by atoms with E-state index in [0.717, 1.165) is 17.7 Å². The van der Waals surface area contributed by atoms with Gasteiger partial charge in [0, 0.05) is 23.1 Å². The topological polar surface area (TPSA) is 58.9 Å². The minimum Gasteiger partial charge on any atom is -0.325 e. The fraction of sp³-hybridized carbons (Fsp3) is 0.471. The molecule has 1 heterocycles.